The van der Waals surface area contributed by atoms with Gasteiger partial charge in [-0.25, -0.2) is 8.42 Å². The molecule has 2 aromatic rings. The number of benzene rings is 2. The molecular weight excluding hydrogens is 412 g/mol. The third-order valence-electron chi connectivity index (χ3n) is 5.36. The zero-order valence-electron chi connectivity index (χ0n) is 16.7. The molecule has 8 heteroatoms. The lowest BCUT2D eigenvalue weighted by Gasteiger charge is -2.30. The van der Waals surface area contributed by atoms with E-state index in [1.165, 1.54) is 11.4 Å². The molecule has 0 aromatic heterocycles. The van der Waals surface area contributed by atoms with E-state index in [1.807, 2.05) is 19.9 Å². The quantitative estimate of drug-likeness (QED) is 0.768. The normalized spacial score (nSPS) is 15.9. The Morgan fingerprint density at radius 2 is 1.79 bits per heavy atom. The van der Waals surface area contributed by atoms with Crippen LogP contribution in [0.2, 0.25) is 5.02 Å². The second-order valence-corrected chi connectivity index (χ2v) is 9.61. The smallest absolute Gasteiger partial charge is 0.243 e. The number of hydrogen-bond donors (Lipinski definition) is 1. The monoisotopic (exact) mass is 436 g/mol. The van der Waals surface area contributed by atoms with Crippen molar-refractivity contribution < 1.29 is 17.9 Å². The molecule has 0 bridgehead atoms. The lowest BCUT2D eigenvalue weighted by atomic mass is 9.97. The lowest BCUT2D eigenvalue weighted by molar-refractivity contribution is -0.120. The summed E-state index contributed by atoms with van der Waals surface area (Å²) in [5.41, 5.74) is 2.59. The molecule has 1 heterocycles. The van der Waals surface area contributed by atoms with Gasteiger partial charge in [0, 0.05) is 24.7 Å². The van der Waals surface area contributed by atoms with E-state index >= 15 is 0 Å². The van der Waals surface area contributed by atoms with Crippen LogP contribution in [-0.4, -0.2) is 38.8 Å². The molecule has 1 fully saturated rings. The summed E-state index contributed by atoms with van der Waals surface area (Å²) < 4.78 is 32.4. The summed E-state index contributed by atoms with van der Waals surface area (Å²) in [4.78, 5) is 12.9. The van der Waals surface area contributed by atoms with E-state index in [1.54, 1.807) is 30.3 Å². The fourth-order valence-electron chi connectivity index (χ4n) is 3.37. The van der Waals surface area contributed by atoms with E-state index in [4.69, 9.17) is 16.3 Å². The summed E-state index contributed by atoms with van der Waals surface area (Å²) in [6, 6.07) is 10.2. The van der Waals surface area contributed by atoms with Gasteiger partial charge in [0.1, 0.15) is 5.75 Å². The molecule has 156 valence electrons. The summed E-state index contributed by atoms with van der Waals surface area (Å²) in [7, 11) is -2.03. The number of sulfonamides is 1. The molecule has 1 amide bonds. The van der Waals surface area contributed by atoms with Gasteiger partial charge in [-0.2, -0.15) is 4.31 Å². The van der Waals surface area contributed by atoms with Crippen molar-refractivity contribution in [2.75, 3.05) is 25.5 Å². The highest BCUT2D eigenvalue weighted by atomic mass is 35.5. The van der Waals surface area contributed by atoms with Crippen LogP contribution in [0.1, 0.15) is 24.0 Å². The van der Waals surface area contributed by atoms with Crippen molar-refractivity contribution in [3.63, 3.8) is 0 Å². The number of amides is 1. The number of methoxy groups -OCH3 is 1. The van der Waals surface area contributed by atoms with Crippen molar-refractivity contribution in [1.29, 1.82) is 0 Å². The number of carbonyl (C=O) groups is 1. The van der Waals surface area contributed by atoms with Crippen molar-refractivity contribution in [2.24, 2.45) is 5.92 Å². The second kappa shape index (κ2) is 8.73. The van der Waals surface area contributed by atoms with E-state index < -0.39 is 10.0 Å². The molecule has 0 unspecified atom stereocenters. The zero-order chi connectivity index (χ0) is 21.2. The van der Waals surface area contributed by atoms with Gasteiger partial charge in [0.2, 0.25) is 15.9 Å². The maximum atomic E-state index is 12.9. The molecule has 29 heavy (non-hydrogen) atoms. The average Bonchev–Trinajstić information content (AvgIpc) is 2.70. The number of ether oxygens (including phenoxy) is 1. The third-order valence-corrected chi connectivity index (χ3v) is 7.55. The molecule has 6 nitrogen and oxygen atoms in total. The Morgan fingerprint density at radius 3 is 2.38 bits per heavy atom. The first-order valence-corrected chi connectivity index (χ1v) is 11.3. The molecule has 0 atom stereocenters. The van der Waals surface area contributed by atoms with Crippen LogP contribution >= 0.6 is 11.6 Å². The van der Waals surface area contributed by atoms with Gasteiger partial charge in [-0.15, -0.1) is 0 Å². The molecule has 0 radical (unpaired) electrons. The maximum Gasteiger partial charge on any atom is 0.243 e. The number of aryl methyl sites for hydroxylation is 2. The Kier molecular flexibility index (Phi) is 6.51. The average molecular weight is 437 g/mol. The van der Waals surface area contributed by atoms with Crippen molar-refractivity contribution in [3.8, 4) is 5.75 Å². The summed E-state index contributed by atoms with van der Waals surface area (Å²) in [6.45, 7) is 4.48. The van der Waals surface area contributed by atoms with Crippen molar-refractivity contribution in [3.05, 3.63) is 52.5 Å². The Morgan fingerprint density at radius 1 is 1.10 bits per heavy atom. The van der Waals surface area contributed by atoms with Crippen molar-refractivity contribution in [2.45, 2.75) is 31.6 Å². The van der Waals surface area contributed by atoms with Crippen LogP contribution in [0, 0.1) is 19.8 Å². The molecule has 0 saturated carbocycles. The van der Waals surface area contributed by atoms with Gasteiger partial charge in [-0.3, -0.25) is 4.79 Å². The SMILES string of the molecule is COc1ccc(NC(=O)C2CCN(S(=O)(=O)c3ccc(C)c(C)c3)CC2)cc1Cl. The van der Waals surface area contributed by atoms with Crippen molar-refractivity contribution in [1.82, 2.24) is 4.31 Å². The number of piperidine rings is 1. The number of nitrogens with zero attached hydrogens (tertiary/aromatic N) is 1. The second-order valence-electron chi connectivity index (χ2n) is 7.26. The molecule has 0 spiro atoms. The van der Waals surface area contributed by atoms with Gasteiger partial charge in [0.25, 0.3) is 0 Å². The number of nitrogens with one attached hydrogen (secondary N) is 1. The minimum Gasteiger partial charge on any atom is -0.495 e. The first kappa shape index (κ1) is 21.6. The van der Waals surface area contributed by atoms with E-state index in [0.717, 1.165) is 11.1 Å². The Labute approximate surface area is 176 Å². The molecule has 1 N–H and O–H groups in total. The predicted octanol–water partition coefficient (Wildman–Crippen LogP) is 4.00. The van der Waals surface area contributed by atoms with Crippen LogP contribution in [0.15, 0.2) is 41.3 Å². The number of hydrogen-bond acceptors (Lipinski definition) is 4. The maximum absolute atomic E-state index is 12.9. The largest absolute Gasteiger partial charge is 0.495 e. The highest BCUT2D eigenvalue weighted by Crippen LogP contribution is 2.29. The predicted molar refractivity (Wildman–Crippen MR) is 114 cm³/mol. The van der Waals surface area contributed by atoms with Gasteiger partial charge in [0.15, 0.2) is 0 Å². The number of carbonyl (C=O) groups excluding carboxylic acids is 1. The van der Waals surface area contributed by atoms with Crippen LogP contribution in [0.4, 0.5) is 5.69 Å². The standard InChI is InChI=1S/C21H25ClN2O4S/c1-14-4-6-18(12-15(14)2)29(26,27)24-10-8-16(9-11-24)21(25)23-17-5-7-20(28-3)19(22)13-17/h4-7,12-13,16H,8-11H2,1-3H3,(H,23,25). The minimum atomic E-state index is -3.55. The van der Waals surface area contributed by atoms with E-state index in [2.05, 4.69) is 5.32 Å². The van der Waals surface area contributed by atoms with Crippen LogP contribution in [0.3, 0.4) is 0 Å². The molecule has 3 rings (SSSR count). The zero-order valence-corrected chi connectivity index (χ0v) is 18.3. The van der Waals surface area contributed by atoms with Crippen LogP contribution in [0.25, 0.3) is 0 Å². The van der Waals surface area contributed by atoms with Gasteiger partial charge < -0.3 is 10.1 Å². The summed E-state index contributed by atoms with van der Waals surface area (Å²) in [6.07, 6.45) is 0.944. The first-order valence-electron chi connectivity index (χ1n) is 9.44. The highest BCUT2D eigenvalue weighted by molar-refractivity contribution is 7.89. The lowest BCUT2D eigenvalue weighted by Crippen LogP contribution is -2.41. The van der Waals surface area contributed by atoms with Gasteiger partial charge >= 0.3 is 0 Å². The number of rotatable bonds is 5. The molecule has 1 saturated heterocycles. The fraction of sp³-hybridized carbons (Fsp3) is 0.381. The van der Waals surface area contributed by atoms with Crippen LogP contribution < -0.4 is 10.1 Å². The number of halogens is 1. The molecule has 0 aliphatic carbocycles. The molecule has 1 aliphatic rings. The summed E-state index contributed by atoms with van der Waals surface area (Å²) in [5.74, 6) is 0.158. The summed E-state index contributed by atoms with van der Waals surface area (Å²) >= 11 is 6.10. The van der Waals surface area contributed by atoms with Gasteiger partial charge in [0.05, 0.1) is 17.0 Å². The van der Waals surface area contributed by atoms with Gasteiger partial charge in [-0.05, 0) is 68.1 Å². The molecule has 1 aliphatic heterocycles. The van der Waals surface area contributed by atoms with Crippen molar-refractivity contribution >= 4 is 33.2 Å². The minimum absolute atomic E-state index is 0.130. The highest BCUT2D eigenvalue weighted by Gasteiger charge is 2.32. The van der Waals surface area contributed by atoms with Crippen LogP contribution in [-0.2, 0) is 14.8 Å². The molecular formula is C21H25ClN2O4S. The fourth-order valence-corrected chi connectivity index (χ4v) is 5.18. The van der Waals surface area contributed by atoms with E-state index in [-0.39, 0.29) is 11.8 Å². The van der Waals surface area contributed by atoms with Crippen LogP contribution in [0.5, 0.6) is 5.75 Å². The summed E-state index contributed by atoms with van der Waals surface area (Å²) in [5, 5.41) is 3.27. The third kappa shape index (κ3) is 4.74. The van der Waals surface area contributed by atoms with Gasteiger partial charge in [-0.1, -0.05) is 17.7 Å². The number of anilines is 1. The van der Waals surface area contributed by atoms with E-state index in [9.17, 15) is 13.2 Å². The first-order chi connectivity index (χ1) is 13.7. The topological polar surface area (TPSA) is 75.7 Å². The molecule has 2 aromatic carbocycles. The Hall–Kier alpha value is -2.09. The Bertz CT molecular complexity index is 1020. The Balaban J connectivity index is 1.63. The van der Waals surface area contributed by atoms with E-state index in [0.29, 0.717) is 47.3 Å².